The summed E-state index contributed by atoms with van der Waals surface area (Å²) in [5.74, 6) is 1.40. The second-order valence-electron chi connectivity index (χ2n) is 13.3. The van der Waals surface area contributed by atoms with Crippen molar-refractivity contribution in [2.45, 2.75) is 56.8 Å². The van der Waals surface area contributed by atoms with E-state index in [2.05, 4.69) is 27.4 Å². The normalized spacial score (nSPS) is 23.1. The van der Waals surface area contributed by atoms with E-state index in [1.54, 1.807) is 36.4 Å². The minimum absolute atomic E-state index is 0.0188. The molecule has 3 atom stereocenters. The molecule has 14 nitrogen and oxygen atoms in total. The Morgan fingerprint density at radius 1 is 0.796 bits per heavy atom. The molecular formula is C35H45N9O5. The summed E-state index contributed by atoms with van der Waals surface area (Å²) in [6, 6.07) is 14.2. The maximum atomic E-state index is 13.0. The maximum Gasteiger partial charge on any atom is 0.323 e. The summed E-state index contributed by atoms with van der Waals surface area (Å²) in [6.45, 7) is 7.01. The number of morpholine rings is 1. The summed E-state index contributed by atoms with van der Waals surface area (Å²) in [4.78, 5) is 48.7. The smallest absolute Gasteiger partial charge is 0.323 e. The Labute approximate surface area is 286 Å². The minimum Gasteiger partial charge on any atom is -0.394 e. The highest BCUT2D eigenvalue weighted by atomic mass is 16.5. The molecule has 4 heterocycles. The molecular weight excluding hydrogens is 626 g/mol. The topological polar surface area (TPSA) is 160 Å². The summed E-state index contributed by atoms with van der Waals surface area (Å²) in [7, 11) is 0. The monoisotopic (exact) mass is 671 g/mol. The van der Waals surface area contributed by atoms with Crippen molar-refractivity contribution in [3.05, 3.63) is 54.1 Å². The van der Waals surface area contributed by atoms with Crippen molar-refractivity contribution in [1.29, 1.82) is 0 Å². The van der Waals surface area contributed by atoms with Gasteiger partial charge < -0.3 is 40.3 Å². The molecule has 3 aromatic rings. The van der Waals surface area contributed by atoms with Gasteiger partial charge >= 0.3 is 6.03 Å². The molecule has 3 amide bonds. The molecule has 0 radical (unpaired) electrons. The quantitative estimate of drug-likeness (QED) is 0.265. The van der Waals surface area contributed by atoms with Crippen LogP contribution >= 0.6 is 0 Å². The summed E-state index contributed by atoms with van der Waals surface area (Å²) in [5, 5.41) is 25.9. The fourth-order valence-corrected chi connectivity index (χ4v) is 7.00. The highest BCUT2D eigenvalue weighted by Crippen LogP contribution is 2.32. The predicted molar refractivity (Wildman–Crippen MR) is 186 cm³/mol. The first-order chi connectivity index (χ1) is 23.9. The summed E-state index contributed by atoms with van der Waals surface area (Å²) in [6.07, 6.45) is 4.01. The van der Waals surface area contributed by atoms with Gasteiger partial charge in [-0.05, 0) is 81.1 Å². The van der Waals surface area contributed by atoms with E-state index in [4.69, 9.17) is 19.7 Å². The van der Waals surface area contributed by atoms with Crippen molar-refractivity contribution < 1.29 is 24.5 Å². The van der Waals surface area contributed by atoms with Crippen molar-refractivity contribution >= 4 is 35.2 Å². The Morgan fingerprint density at radius 2 is 1.41 bits per heavy atom. The fraction of sp³-hybridized carbons (Fsp3) is 0.514. The van der Waals surface area contributed by atoms with Crippen LogP contribution in [0.5, 0.6) is 0 Å². The average Bonchev–Trinajstić information content (AvgIpc) is 3.90. The lowest BCUT2D eigenvalue weighted by atomic mass is 10.1. The number of benzene rings is 2. The van der Waals surface area contributed by atoms with E-state index < -0.39 is 6.03 Å². The van der Waals surface area contributed by atoms with Gasteiger partial charge in [-0.15, -0.1) is 0 Å². The number of piperazine rings is 1. The number of aliphatic hydroxyl groups excluding tert-OH is 2. The number of carbonyl (C=O) groups excluding carboxylic acids is 2. The Balaban J connectivity index is 1.01. The number of anilines is 4. The largest absolute Gasteiger partial charge is 0.394 e. The molecule has 2 aromatic carbocycles. The van der Waals surface area contributed by atoms with Gasteiger partial charge in [0.15, 0.2) is 5.82 Å². The SMILES string of the molecule is CC1COCCN1c1nc(-c2ccc(NC(=O)Nc3ccc(C(=O)N4CCN(C5CC5)CC4)cc3)cc2)nc(N2[C@H](CO)CC[C@@H]2CO)n1. The van der Waals surface area contributed by atoms with Gasteiger partial charge in [0.2, 0.25) is 11.9 Å². The number of aromatic nitrogens is 3. The molecule has 7 rings (SSSR count). The number of aliphatic hydroxyl groups is 2. The standard InChI is InChI=1S/C35H45N9O5/c1-23-22-49-19-18-43(23)33-38-31(39-34(40-33)44-29(20-45)12-13-30(44)21-46)24-2-6-26(7-3-24)36-35(48)37-27-8-4-25(5-9-27)32(47)42-16-14-41(15-17-42)28-10-11-28/h2-9,23,28-30,45-46H,10-22H2,1H3,(H2,36,37,48)/t23?,29-,30+. The van der Waals surface area contributed by atoms with Crippen LogP contribution in [-0.2, 0) is 4.74 Å². The number of nitrogens with zero attached hydrogens (tertiary/aromatic N) is 7. The van der Waals surface area contributed by atoms with Gasteiger partial charge in [-0.1, -0.05) is 0 Å². The Morgan fingerprint density at radius 3 is 2.00 bits per heavy atom. The second kappa shape index (κ2) is 14.6. The van der Waals surface area contributed by atoms with E-state index in [9.17, 15) is 19.8 Å². The van der Waals surface area contributed by atoms with Crippen molar-refractivity contribution in [2.75, 3.05) is 79.6 Å². The molecule has 4 fully saturated rings. The van der Waals surface area contributed by atoms with Crippen molar-refractivity contribution in [3.8, 4) is 11.4 Å². The number of urea groups is 1. The molecule has 1 unspecified atom stereocenters. The first-order valence-electron chi connectivity index (χ1n) is 17.3. The number of hydrogen-bond acceptors (Lipinski definition) is 11. The maximum absolute atomic E-state index is 13.0. The van der Waals surface area contributed by atoms with E-state index in [1.807, 2.05) is 21.9 Å². The lowest BCUT2D eigenvalue weighted by Gasteiger charge is -2.34. The van der Waals surface area contributed by atoms with E-state index >= 15 is 0 Å². The molecule has 14 heteroatoms. The van der Waals surface area contributed by atoms with Crippen molar-refractivity contribution in [3.63, 3.8) is 0 Å². The lowest BCUT2D eigenvalue weighted by molar-refractivity contribution is 0.0627. The van der Waals surface area contributed by atoms with Gasteiger partial charge in [0.25, 0.3) is 5.91 Å². The number of ether oxygens (including phenoxy) is 1. The van der Waals surface area contributed by atoms with Crippen LogP contribution in [0.15, 0.2) is 48.5 Å². The van der Waals surface area contributed by atoms with E-state index in [1.165, 1.54) is 12.8 Å². The third-order valence-corrected chi connectivity index (χ3v) is 9.96. The fourth-order valence-electron chi connectivity index (χ4n) is 7.00. The minimum atomic E-state index is -0.409. The van der Waals surface area contributed by atoms with Crippen molar-refractivity contribution in [1.82, 2.24) is 24.8 Å². The van der Waals surface area contributed by atoms with Crippen LogP contribution in [0.2, 0.25) is 0 Å². The van der Waals surface area contributed by atoms with Crippen LogP contribution < -0.4 is 20.4 Å². The van der Waals surface area contributed by atoms with Gasteiger partial charge in [0.1, 0.15) is 0 Å². The van der Waals surface area contributed by atoms with Gasteiger partial charge in [-0.25, -0.2) is 4.79 Å². The van der Waals surface area contributed by atoms with Crippen LogP contribution in [-0.4, -0.2) is 130 Å². The number of nitrogens with one attached hydrogen (secondary N) is 2. The van der Waals surface area contributed by atoms with Crippen LogP contribution in [0.3, 0.4) is 0 Å². The molecule has 4 aliphatic rings. The summed E-state index contributed by atoms with van der Waals surface area (Å²) < 4.78 is 5.63. The number of carbonyl (C=O) groups is 2. The molecule has 1 aromatic heterocycles. The molecule has 1 aliphatic carbocycles. The zero-order valence-corrected chi connectivity index (χ0v) is 27.9. The van der Waals surface area contributed by atoms with Crippen LogP contribution in [0, 0.1) is 0 Å². The first-order valence-corrected chi connectivity index (χ1v) is 17.3. The molecule has 3 saturated heterocycles. The highest BCUT2D eigenvalue weighted by molar-refractivity contribution is 6.00. The second-order valence-corrected chi connectivity index (χ2v) is 13.3. The van der Waals surface area contributed by atoms with Crippen LogP contribution in [0.25, 0.3) is 11.4 Å². The lowest BCUT2D eigenvalue weighted by Crippen LogP contribution is -2.49. The first kappa shape index (κ1) is 33.1. The summed E-state index contributed by atoms with van der Waals surface area (Å²) >= 11 is 0. The highest BCUT2D eigenvalue weighted by Gasteiger charge is 2.36. The zero-order chi connectivity index (χ0) is 33.9. The number of rotatable bonds is 9. The van der Waals surface area contributed by atoms with Crippen LogP contribution in [0.4, 0.5) is 28.1 Å². The average molecular weight is 672 g/mol. The van der Waals surface area contributed by atoms with Gasteiger partial charge in [-0.3, -0.25) is 9.69 Å². The molecule has 49 heavy (non-hydrogen) atoms. The van der Waals surface area contributed by atoms with Gasteiger partial charge in [-0.2, -0.15) is 15.0 Å². The third-order valence-electron chi connectivity index (χ3n) is 9.96. The van der Waals surface area contributed by atoms with Crippen LogP contribution in [0.1, 0.15) is 43.0 Å². The molecule has 1 saturated carbocycles. The number of hydrogen-bond donors (Lipinski definition) is 4. The van der Waals surface area contributed by atoms with E-state index in [0.29, 0.717) is 54.4 Å². The predicted octanol–water partition coefficient (Wildman–Crippen LogP) is 2.65. The molecule has 260 valence electrons. The Kier molecular flexibility index (Phi) is 9.89. The molecule has 4 N–H and O–H groups in total. The number of amides is 3. The van der Waals surface area contributed by atoms with Crippen molar-refractivity contribution in [2.24, 2.45) is 0 Å². The summed E-state index contributed by atoms with van der Waals surface area (Å²) in [5.41, 5.74) is 2.50. The van der Waals surface area contributed by atoms with E-state index in [-0.39, 0.29) is 37.2 Å². The Bertz CT molecular complexity index is 1600. The van der Waals surface area contributed by atoms with E-state index in [0.717, 1.165) is 50.6 Å². The van der Waals surface area contributed by atoms with Gasteiger partial charge in [0, 0.05) is 61.3 Å². The van der Waals surface area contributed by atoms with Gasteiger partial charge in [0.05, 0.1) is 44.6 Å². The Hall–Kier alpha value is -4.37. The third kappa shape index (κ3) is 7.47. The zero-order valence-electron chi connectivity index (χ0n) is 27.9. The molecule has 0 spiro atoms. The molecule has 3 aliphatic heterocycles. The molecule has 0 bridgehead atoms.